The van der Waals surface area contributed by atoms with Crippen molar-refractivity contribution >= 4 is 23.5 Å². The first-order valence-electron chi connectivity index (χ1n) is 8.09. The minimum absolute atomic E-state index is 0.113. The average molecular weight is 387 g/mol. The standard InChI is InChI=1S/C18H17N3O7/c1-12(17(23)19-20-18(24)13-5-3-2-4-6-13)28-16(22)11-27-15-9-7-14(8-10-15)21(25)26/h2-10,12H,11H2,1H3,(H,19,23)(H,20,24)/t12-/m1/s1. The van der Waals surface area contributed by atoms with Gasteiger partial charge in [0.15, 0.2) is 12.7 Å². The smallest absolute Gasteiger partial charge is 0.344 e. The largest absolute Gasteiger partial charge is 0.482 e. The number of ether oxygens (including phenoxy) is 2. The van der Waals surface area contributed by atoms with Gasteiger partial charge in [0.1, 0.15) is 5.75 Å². The molecule has 28 heavy (non-hydrogen) atoms. The molecule has 10 heteroatoms. The van der Waals surface area contributed by atoms with Gasteiger partial charge in [0.2, 0.25) is 0 Å². The van der Waals surface area contributed by atoms with Crippen LogP contribution in [0.25, 0.3) is 0 Å². The average Bonchev–Trinajstić information content (AvgIpc) is 2.71. The number of hydrogen-bond donors (Lipinski definition) is 2. The highest BCUT2D eigenvalue weighted by Gasteiger charge is 2.19. The summed E-state index contributed by atoms with van der Waals surface area (Å²) in [4.78, 5) is 45.5. The third kappa shape index (κ3) is 6.09. The van der Waals surface area contributed by atoms with Gasteiger partial charge in [-0.15, -0.1) is 0 Å². The fraction of sp³-hybridized carbons (Fsp3) is 0.167. The Hall–Kier alpha value is -3.95. The molecule has 10 nitrogen and oxygen atoms in total. The zero-order chi connectivity index (χ0) is 20.5. The van der Waals surface area contributed by atoms with Gasteiger partial charge in [-0.25, -0.2) is 4.79 Å². The molecule has 0 aliphatic heterocycles. The Balaban J connectivity index is 1.74. The molecule has 0 aromatic heterocycles. The van der Waals surface area contributed by atoms with E-state index in [0.29, 0.717) is 5.56 Å². The van der Waals surface area contributed by atoms with Crippen LogP contribution in [0.4, 0.5) is 5.69 Å². The van der Waals surface area contributed by atoms with E-state index < -0.39 is 35.4 Å². The Morgan fingerprint density at radius 2 is 1.68 bits per heavy atom. The summed E-state index contributed by atoms with van der Waals surface area (Å²) in [6, 6.07) is 13.4. The van der Waals surface area contributed by atoms with Crippen LogP contribution in [0.5, 0.6) is 5.75 Å². The maximum absolute atomic E-state index is 11.9. The lowest BCUT2D eigenvalue weighted by atomic mass is 10.2. The number of nitro benzene ring substituents is 1. The van der Waals surface area contributed by atoms with E-state index in [1.165, 1.54) is 31.2 Å². The third-order valence-electron chi connectivity index (χ3n) is 3.42. The van der Waals surface area contributed by atoms with E-state index in [9.17, 15) is 24.5 Å². The number of carbonyl (C=O) groups is 3. The van der Waals surface area contributed by atoms with Gasteiger partial charge in [0.25, 0.3) is 17.5 Å². The summed E-state index contributed by atoms with van der Waals surface area (Å²) in [6.07, 6.45) is -1.18. The Bertz CT molecular complexity index is 853. The quantitative estimate of drug-likeness (QED) is 0.416. The van der Waals surface area contributed by atoms with Crippen LogP contribution >= 0.6 is 0 Å². The second-order valence-corrected chi connectivity index (χ2v) is 5.48. The summed E-state index contributed by atoms with van der Waals surface area (Å²) >= 11 is 0. The number of nitro groups is 1. The van der Waals surface area contributed by atoms with Crippen LogP contribution in [-0.2, 0) is 14.3 Å². The first kappa shape index (κ1) is 20.4. The summed E-state index contributed by atoms with van der Waals surface area (Å²) in [5.41, 5.74) is 4.60. The highest BCUT2D eigenvalue weighted by atomic mass is 16.6. The molecule has 1 atom stereocenters. The predicted molar refractivity (Wildman–Crippen MR) is 96.2 cm³/mol. The van der Waals surface area contributed by atoms with Crippen LogP contribution in [0.15, 0.2) is 54.6 Å². The molecule has 2 aromatic rings. The van der Waals surface area contributed by atoms with Crippen molar-refractivity contribution in [3.8, 4) is 5.75 Å². The molecule has 2 N–H and O–H groups in total. The molecule has 0 aliphatic carbocycles. The molecule has 2 rings (SSSR count). The highest BCUT2D eigenvalue weighted by Crippen LogP contribution is 2.17. The molecule has 0 fully saturated rings. The zero-order valence-corrected chi connectivity index (χ0v) is 14.8. The Morgan fingerprint density at radius 3 is 2.29 bits per heavy atom. The number of esters is 1. The summed E-state index contributed by atoms with van der Waals surface area (Å²) < 4.78 is 10.0. The van der Waals surface area contributed by atoms with Gasteiger partial charge in [-0.3, -0.25) is 30.6 Å². The van der Waals surface area contributed by atoms with Crippen molar-refractivity contribution in [3.05, 3.63) is 70.3 Å². The molecule has 0 radical (unpaired) electrons. The molecule has 0 saturated carbocycles. The molecule has 0 spiro atoms. The fourth-order valence-electron chi connectivity index (χ4n) is 1.97. The minimum Gasteiger partial charge on any atom is -0.482 e. The normalized spacial score (nSPS) is 11.0. The van der Waals surface area contributed by atoms with Gasteiger partial charge in [0.05, 0.1) is 4.92 Å². The lowest BCUT2D eigenvalue weighted by Crippen LogP contribution is -2.47. The van der Waals surface area contributed by atoms with E-state index in [2.05, 4.69) is 10.9 Å². The summed E-state index contributed by atoms with van der Waals surface area (Å²) in [5, 5.41) is 10.6. The minimum atomic E-state index is -1.18. The van der Waals surface area contributed by atoms with Crippen molar-refractivity contribution in [2.75, 3.05) is 6.61 Å². The third-order valence-corrected chi connectivity index (χ3v) is 3.42. The SMILES string of the molecule is C[C@@H](OC(=O)COc1ccc([N+](=O)[O-])cc1)C(=O)NNC(=O)c1ccccc1. The van der Waals surface area contributed by atoms with Crippen molar-refractivity contribution in [2.45, 2.75) is 13.0 Å². The number of hydrogen-bond acceptors (Lipinski definition) is 7. The van der Waals surface area contributed by atoms with Gasteiger partial charge >= 0.3 is 5.97 Å². The second kappa shape index (κ2) is 9.67. The van der Waals surface area contributed by atoms with Crippen LogP contribution in [-0.4, -0.2) is 35.4 Å². The number of nitrogens with one attached hydrogen (secondary N) is 2. The zero-order valence-electron chi connectivity index (χ0n) is 14.8. The van der Waals surface area contributed by atoms with Gasteiger partial charge < -0.3 is 9.47 Å². The van der Waals surface area contributed by atoms with E-state index >= 15 is 0 Å². The highest BCUT2D eigenvalue weighted by molar-refractivity contribution is 5.95. The number of benzene rings is 2. The summed E-state index contributed by atoms with van der Waals surface area (Å²) in [5.74, 6) is -1.84. The predicted octanol–water partition coefficient (Wildman–Crippen LogP) is 1.37. The van der Waals surface area contributed by atoms with Gasteiger partial charge in [-0.05, 0) is 31.2 Å². The number of rotatable bonds is 7. The van der Waals surface area contributed by atoms with Crippen LogP contribution in [0, 0.1) is 10.1 Å². The van der Waals surface area contributed by atoms with Crippen LogP contribution in [0.3, 0.4) is 0 Å². The number of carbonyl (C=O) groups excluding carboxylic acids is 3. The molecule has 0 heterocycles. The Morgan fingerprint density at radius 1 is 1.04 bits per heavy atom. The monoisotopic (exact) mass is 387 g/mol. The maximum atomic E-state index is 11.9. The van der Waals surface area contributed by atoms with Gasteiger partial charge in [-0.2, -0.15) is 0 Å². The molecular weight excluding hydrogens is 370 g/mol. The molecule has 2 aromatic carbocycles. The molecule has 0 saturated heterocycles. The second-order valence-electron chi connectivity index (χ2n) is 5.48. The van der Waals surface area contributed by atoms with Crippen LogP contribution < -0.4 is 15.6 Å². The topological polar surface area (TPSA) is 137 Å². The van der Waals surface area contributed by atoms with Crippen LogP contribution in [0.1, 0.15) is 17.3 Å². The van der Waals surface area contributed by atoms with Crippen LogP contribution in [0.2, 0.25) is 0 Å². The number of hydrazine groups is 1. The van der Waals surface area contributed by atoms with Crippen molar-refractivity contribution in [1.82, 2.24) is 10.9 Å². The Labute approximate surface area is 159 Å². The van der Waals surface area contributed by atoms with E-state index in [4.69, 9.17) is 9.47 Å². The molecule has 0 unspecified atom stereocenters. The lowest BCUT2D eigenvalue weighted by molar-refractivity contribution is -0.384. The van der Waals surface area contributed by atoms with Crippen molar-refractivity contribution in [2.24, 2.45) is 0 Å². The van der Waals surface area contributed by atoms with E-state index in [0.717, 1.165) is 0 Å². The van der Waals surface area contributed by atoms with Gasteiger partial charge in [-0.1, -0.05) is 18.2 Å². The number of non-ortho nitro benzene ring substituents is 1. The first-order chi connectivity index (χ1) is 13.4. The van der Waals surface area contributed by atoms with Crippen molar-refractivity contribution in [3.63, 3.8) is 0 Å². The maximum Gasteiger partial charge on any atom is 0.344 e. The number of amides is 2. The molecule has 0 bridgehead atoms. The van der Waals surface area contributed by atoms with E-state index in [1.807, 2.05) is 0 Å². The Kier molecular flexibility index (Phi) is 7.03. The lowest BCUT2D eigenvalue weighted by Gasteiger charge is -2.14. The van der Waals surface area contributed by atoms with E-state index in [1.54, 1.807) is 30.3 Å². The van der Waals surface area contributed by atoms with E-state index in [-0.39, 0.29) is 11.4 Å². The van der Waals surface area contributed by atoms with Gasteiger partial charge in [0, 0.05) is 17.7 Å². The molecule has 146 valence electrons. The summed E-state index contributed by atoms with van der Waals surface area (Å²) in [6.45, 7) is 0.833. The number of nitrogens with zero attached hydrogens (tertiary/aromatic N) is 1. The fourth-order valence-corrected chi connectivity index (χ4v) is 1.97. The molecule has 0 aliphatic rings. The van der Waals surface area contributed by atoms with Crippen molar-refractivity contribution < 1.29 is 28.8 Å². The molecule has 2 amide bonds. The van der Waals surface area contributed by atoms with Crippen molar-refractivity contribution in [1.29, 1.82) is 0 Å². The summed E-state index contributed by atoms with van der Waals surface area (Å²) in [7, 11) is 0. The first-order valence-corrected chi connectivity index (χ1v) is 8.09. The molecular formula is C18H17N3O7.